The molecule has 1 aromatic carbocycles. The summed E-state index contributed by atoms with van der Waals surface area (Å²) in [6, 6.07) is 17.1. The Morgan fingerprint density at radius 3 is 2.50 bits per heavy atom. The molecule has 2 aromatic rings. The van der Waals surface area contributed by atoms with Gasteiger partial charge in [-0.3, -0.25) is 9.98 Å². The van der Waals surface area contributed by atoms with E-state index in [4.69, 9.17) is 0 Å². The number of nitrogens with zero attached hydrogens (tertiary/aromatic N) is 2. The molecule has 1 fully saturated rings. The Morgan fingerprint density at radius 1 is 1.07 bits per heavy atom. The molecule has 28 heavy (non-hydrogen) atoms. The first-order valence-electron chi connectivity index (χ1n) is 10.4. The second kappa shape index (κ2) is 10.2. The van der Waals surface area contributed by atoms with E-state index >= 15 is 0 Å². The number of guanidine groups is 1. The molecular formula is C23H33N5. The van der Waals surface area contributed by atoms with Crippen LogP contribution in [0.3, 0.4) is 0 Å². The van der Waals surface area contributed by atoms with E-state index in [-0.39, 0.29) is 5.54 Å². The Hall–Kier alpha value is -2.40. The van der Waals surface area contributed by atoms with E-state index in [9.17, 15) is 0 Å². The number of pyridine rings is 1. The fraction of sp³-hybridized carbons (Fsp3) is 0.478. The van der Waals surface area contributed by atoms with Crippen LogP contribution in [0.15, 0.2) is 59.7 Å². The van der Waals surface area contributed by atoms with Crippen molar-refractivity contribution >= 4 is 5.96 Å². The minimum Gasteiger partial charge on any atom is -0.356 e. The molecule has 1 aliphatic carbocycles. The second-order valence-electron chi connectivity index (χ2n) is 7.69. The van der Waals surface area contributed by atoms with Crippen molar-refractivity contribution in [3.05, 3.63) is 66.0 Å². The number of benzene rings is 1. The molecule has 0 radical (unpaired) electrons. The summed E-state index contributed by atoms with van der Waals surface area (Å²) in [4.78, 5) is 8.77. The van der Waals surface area contributed by atoms with E-state index < -0.39 is 0 Å². The Kier molecular flexibility index (Phi) is 7.43. The summed E-state index contributed by atoms with van der Waals surface area (Å²) in [6.07, 6.45) is 7.68. The van der Waals surface area contributed by atoms with Gasteiger partial charge in [0.05, 0.1) is 0 Å². The molecule has 3 rings (SSSR count). The van der Waals surface area contributed by atoms with Crippen LogP contribution in [-0.2, 0) is 6.42 Å². The molecule has 1 unspecified atom stereocenters. The van der Waals surface area contributed by atoms with Gasteiger partial charge in [-0.15, -0.1) is 0 Å². The van der Waals surface area contributed by atoms with Gasteiger partial charge in [-0.25, -0.2) is 0 Å². The van der Waals surface area contributed by atoms with Gasteiger partial charge in [0.25, 0.3) is 0 Å². The average Bonchev–Trinajstić information content (AvgIpc) is 3.20. The van der Waals surface area contributed by atoms with Crippen LogP contribution in [0, 0.1) is 0 Å². The summed E-state index contributed by atoms with van der Waals surface area (Å²) in [6.45, 7) is 3.96. The first-order valence-corrected chi connectivity index (χ1v) is 10.4. The third-order valence-corrected chi connectivity index (χ3v) is 5.60. The van der Waals surface area contributed by atoms with E-state index in [2.05, 4.69) is 69.2 Å². The molecule has 0 spiro atoms. The molecule has 150 valence electrons. The molecule has 0 amide bonds. The van der Waals surface area contributed by atoms with Gasteiger partial charge in [0, 0.05) is 50.0 Å². The highest BCUT2D eigenvalue weighted by Gasteiger charge is 2.35. The Balaban J connectivity index is 1.51. The van der Waals surface area contributed by atoms with Crippen molar-refractivity contribution in [3.8, 4) is 0 Å². The Morgan fingerprint density at radius 2 is 1.82 bits per heavy atom. The standard InChI is InChI=1S/C23H33N5/c1-19(20-10-4-3-5-11-20)28-23(14-7-8-15-23)18-27-22(24-2)26-17-13-21-12-6-9-16-25-21/h3-6,9-12,16,19,28H,7-8,13-15,17-18H2,1-2H3,(H2,24,26,27). The number of hydrogen-bond acceptors (Lipinski definition) is 3. The monoisotopic (exact) mass is 379 g/mol. The zero-order valence-corrected chi connectivity index (χ0v) is 17.1. The highest BCUT2D eigenvalue weighted by Crippen LogP contribution is 2.31. The largest absolute Gasteiger partial charge is 0.356 e. The van der Waals surface area contributed by atoms with E-state index in [0.29, 0.717) is 6.04 Å². The van der Waals surface area contributed by atoms with E-state index in [1.807, 2.05) is 25.4 Å². The fourth-order valence-electron chi connectivity index (χ4n) is 4.04. The number of hydrogen-bond donors (Lipinski definition) is 3. The number of aliphatic imine (C=N–C) groups is 1. The molecule has 1 saturated carbocycles. The van der Waals surface area contributed by atoms with Gasteiger partial charge < -0.3 is 16.0 Å². The van der Waals surface area contributed by atoms with Crippen molar-refractivity contribution in [2.75, 3.05) is 20.1 Å². The van der Waals surface area contributed by atoms with Crippen molar-refractivity contribution < 1.29 is 0 Å². The van der Waals surface area contributed by atoms with E-state index in [1.54, 1.807) is 0 Å². The zero-order chi connectivity index (χ0) is 19.7. The molecule has 1 aliphatic rings. The first-order chi connectivity index (χ1) is 13.7. The molecular weight excluding hydrogens is 346 g/mol. The maximum atomic E-state index is 4.39. The lowest BCUT2D eigenvalue weighted by Gasteiger charge is -2.35. The summed E-state index contributed by atoms with van der Waals surface area (Å²) in [5, 5.41) is 10.9. The van der Waals surface area contributed by atoms with E-state index in [0.717, 1.165) is 31.2 Å². The van der Waals surface area contributed by atoms with Crippen LogP contribution < -0.4 is 16.0 Å². The summed E-state index contributed by atoms with van der Waals surface area (Å²) in [5.41, 5.74) is 2.55. The third kappa shape index (κ3) is 5.80. The van der Waals surface area contributed by atoms with Gasteiger partial charge >= 0.3 is 0 Å². The van der Waals surface area contributed by atoms with Crippen LogP contribution in [0.1, 0.15) is 49.9 Å². The molecule has 5 nitrogen and oxygen atoms in total. The van der Waals surface area contributed by atoms with Crippen molar-refractivity contribution in [1.29, 1.82) is 0 Å². The molecule has 1 atom stereocenters. The molecule has 0 bridgehead atoms. The van der Waals surface area contributed by atoms with Crippen molar-refractivity contribution in [2.45, 2.75) is 50.6 Å². The van der Waals surface area contributed by atoms with Gasteiger partial charge in [-0.2, -0.15) is 0 Å². The lowest BCUT2D eigenvalue weighted by Crippen LogP contribution is -2.54. The summed E-state index contributed by atoms with van der Waals surface area (Å²) >= 11 is 0. The first kappa shape index (κ1) is 20.3. The fourth-order valence-corrected chi connectivity index (χ4v) is 4.04. The normalized spacial score (nSPS) is 17.3. The molecule has 0 saturated heterocycles. The lowest BCUT2D eigenvalue weighted by molar-refractivity contribution is 0.297. The summed E-state index contributed by atoms with van der Waals surface area (Å²) in [5.74, 6) is 0.858. The predicted molar refractivity (Wildman–Crippen MR) is 116 cm³/mol. The quantitative estimate of drug-likeness (QED) is 0.486. The van der Waals surface area contributed by atoms with Crippen LogP contribution in [0.2, 0.25) is 0 Å². The van der Waals surface area contributed by atoms with Gasteiger partial charge in [0.2, 0.25) is 0 Å². The maximum absolute atomic E-state index is 4.39. The van der Waals surface area contributed by atoms with Crippen LogP contribution >= 0.6 is 0 Å². The van der Waals surface area contributed by atoms with Crippen LogP contribution in [0.4, 0.5) is 0 Å². The van der Waals surface area contributed by atoms with Crippen molar-refractivity contribution in [3.63, 3.8) is 0 Å². The topological polar surface area (TPSA) is 61.3 Å². The Labute approximate surface area is 169 Å². The minimum atomic E-state index is 0.119. The molecule has 5 heteroatoms. The number of rotatable bonds is 8. The minimum absolute atomic E-state index is 0.119. The van der Waals surface area contributed by atoms with Crippen LogP contribution in [0.5, 0.6) is 0 Å². The molecule has 1 heterocycles. The summed E-state index contributed by atoms with van der Waals surface area (Å²) in [7, 11) is 1.83. The highest BCUT2D eigenvalue weighted by atomic mass is 15.2. The van der Waals surface area contributed by atoms with Gasteiger partial charge in [-0.05, 0) is 37.5 Å². The predicted octanol–water partition coefficient (Wildman–Crippen LogP) is 3.45. The maximum Gasteiger partial charge on any atom is 0.191 e. The van der Waals surface area contributed by atoms with Gasteiger partial charge in [0.1, 0.15) is 0 Å². The average molecular weight is 380 g/mol. The Bertz CT molecular complexity index is 723. The second-order valence-corrected chi connectivity index (χ2v) is 7.69. The highest BCUT2D eigenvalue weighted by molar-refractivity contribution is 5.79. The molecule has 1 aromatic heterocycles. The molecule has 0 aliphatic heterocycles. The van der Waals surface area contributed by atoms with E-state index in [1.165, 1.54) is 31.2 Å². The number of aromatic nitrogens is 1. The van der Waals surface area contributed by atoms with Gasteiger partial charge in [0.15, 0.2) is 5.96 Å². The number of nitrogens with one attached hydrogen (secondary N) is 3. The zero-order valence-electron chi connectivity index (χ0n) is 17.1. The molecule has 3 N–H and O–H groups in total. The summed E-state index contributed by atoms with van der Waals surface area (Å²) < 4.78 is 0. The SMILES string of the molecule is CN=C(NCCc1ccccn1)NCC1(NC(C)c2ccccc2)CCCC1. The van der Waals surface area contributed by atoms with Crippen molar-refractivity contribution in [2.24, 2.45) is 4.99 Å². The third-order valence-electron chi connectivity index (χ3n) is 5.60. The van der Waals surface area contributed by atoms with Crippen LogP contribution in [0.25, 0.3) is 0 Å². The lowest BCUT2D eigenvalue weighted by atomic mass is 9.94. The van der Waals surface area contributed by atoms with Crippen molar-refractivity contribution in [1.82, 2.24) is 20.9 Å². The van der Waals surface area contributed by atoms with Gasteiger partial charge in [-0.1, -0.05) is 49.2 Å². The van der Waals surface area contributed by atoms with Crippen LogP contribution in [-0.4, -0.2) is 36.6 Å². The smallest absolute Gasteiger partial charge is 0.191 e.